The minimum absolute atomic E-state index is 0.523. The molecular formula is C17H21NS2. The van der Waals surface area contributed by atoms with E-state index in [1.807, 2.05) is 22.7 Å². The molecule has 1 fully saturated rings. The van der Waals surface area contributed by atoms with Gasteiger partial charge in [-0.1, -0.05) is 24.6 Å². The summed E-state index contributed by atoms with van der Waals surface area (Å²) in [5.74, 6) is 0. The van der Waals surface area contributed by atoms with Gasteiger partial charge in [0.05, 0.1) is 0 Å². The molecule has 0 N–H and O–H groups in total. The van der Waals surface area contributed by atoms with E-state index in [-0.39, 0.29) is 0 Å². The number of likely N-dealkylation sites (tertiary alicyclic amines) is 1. The molecule has 1 saturated heterocycles. The summed E-state index contributed by atoms with van der Waals surface area (Å²) >= 11 is 3.68. The summed E-state index contributed by atoms with van der Waals surface area (Å²) in [5, 5.41) is 4.34. The Labute approximate surface area is 129 Å². The van der Waals surface area contributed by atoms with Gasteiger partial charge in [-0.2, -0.15) is 0 Å². The third kappa shape index (κ3) is 3.22. The van der Waals surface area contributed by atoms with E-state index in [0.717, 1.165) is 0 Å². The molecule has 0 aromatic carbocycles. The van der Waals surface area contributed by atoms with Crippen molar-refractivity contribution < 1.29 is 0 Å². The highest BCUT2D eigenvalue weighted by Crippen LogP contribution is 2.31. The van der Waals surface area contributed by atoms with Crippen molar-refractivity contribution in [1.82, 2.24) is 4.90 Å². The van der Waals surface area contributed by atoms with Crippen molar-refractivity contribution in [2.24, 2.45) is 0 Å². The lowest BCUT2D eigenvalue weighted by Crippen LogP contribution is -2.36. The summed E-state index contributed by atoms with van der Waals surface area (Å²) in [7, 11) is 0. The molecule has 2 aromatic rings. The van der Waals surface area contributed by atoms with Crippen LogP contribution in [0.4, 0.5) is 0 Å². The molecule has 1 unspecified atom stereocenters. The molecule has 0 amide bonds. The highest BCUT2D eigenvalue weighted by molar-refractivity contribution is 7.13. The van der Waals surface area contributed by atoms with E-state index in [9.17, 15) is 0 Å². The van der Waals surface area contributed by atoms with Gasteiger partial charge in [0.2, 0.25) is 0 Å². The lowest BCUT2D eigenvalue weighted by molar-refractivity contribution is 0.201. The molecule has 0 spiro atoms. The molecule has 1 aliphatic heterocycles. The topological polar surface area (TPSA) is 3.24 Å². The van der Waals surface area contributed by atoms with Crippen LogP contribution >= 0.6 is 22.7 Å². The van der Waals surface area contributed by atoms with Crippen molar-refractivity contribution in [3.05, 3.63) is 50.9 Å². The molecule has 0 bridgehead atoms. The van der Waals surface area contributed by atoms with Gasteiger partial charge in [0, 0.05) is 21.4 Å². The Hall–Kier alpha value is -0.900. The highest BCUT2D eigenvalue weighted by atomic mass is 32.1. The monoisotopic (exact) mass is 303 g/mol. The summed E-state index contributed by atoms with van der Waals surface area (Å²) in [6, 6.07) is 9.28. The van der Waals surface area contributed by atoms with Crippen LogP contribution in [0.2, 0.25) is 0 Å². The number of nitrogens with zero attached hydrogens (tertiary/aromatic N) is 1. The van der Waals surface area contributed by atoms with Crippen LogP contribution < -0.4 is 0 Å². The van der Waals surface area contributed by atoms with Crippen molar-refractivity contribution in [3.8, 4) is 0 Å². The fraction of sp³-hybridized carbons (Fsp3) is 0.412. The maximum atomic E-state index is 2.62. The second kappa shape index (κ2) is 6.70. The number of hydrogen-bond acceptors (Lipinski definition) is 3. The van der Waals surface area contributed by atoms with Gasteiger partial charge < -0.3 is 0 Å². The van der Waals surface area contributed by atoms with Crippen LogP contribution in [-0.2, 0) is 0 Å². The molecule has 0 saturated carbocycles. The van der Waals surface area contributed by atoms with Crippen LogP contribution in [0.15, 0.2) is 41.1 Å². The van der Waals surface area contributed by atoms with Crippen molar-refractivity contribution in [2.45, 2.75) is 32.2 Å². The summed E-state index contributed by atoms with van der Waals surface area (Å²) in [5.41, 5.74) is 1.41. The summed E-state index contributed by atoms with van der Waals surface area (Å²) in [6.45, 7) is 4.84. The third-order valence-corrected chi connectivity index (χ3v) is 5.75. The molecule has 3 rings (SSSR count). The van der Waals surface area contributed by atoms with Crippen molar-refractivity contribution in [1.29, 1.82) is 0 Å². The number of hydrogen-bond donors (Lipinski definition) is 0. The number of piperidine rings is 1. The fourth-order valence-electron chi connectivity index (χ4n) is 2.82. The fourth-order valence-corrected chi connectivity index (χ4v) is 4.42. The summed E-state index contributed by atoms with van der Waals surface area (Å²) in [6.07, 6.45) is 6.57. The molecule has 3 heteroatoms. The first-order valence-electron chi connectivity index (χ1n) is 7.38. The van der Waals surface area contributed by atoms with E-state index in [0.29, 0.717) is 6.04 Å². The van der Waals surface area contributed by atoms with Crippen LogP contribution in [0.3, 0.4) is 0 Å². The van der Waals surface area contributed by atoms with Gasteiger partial charge >= 0.3 is 0 Å². The van der Waals surface area contributed by atoms with Crippen molar-refractivity contribution in [3.63, 3.8) is 0 Å². The minimum Gasteiger partial charge on any atom is -0.297 e. The molecule has 0 aliphatic carbocycles. The Bertz CT molecular complexity index is 497. The van der Waals surface area contributed by atoms with Gasteiger partial charge in [0.25, 0.3) is 0 Å². The molecule has 2 aromatic heterocycles. The molecular weight excluding hydrogens is 282 g/mol. The van der Waals surface area contributed by atoms with E-state index in [1.165, 1.54) is 47.7 Å². The summed E-state index contributed by atoms with van der Waals surface area (Å²) in [4.78, 5) is 5.39. The maximum Gasteiger partial charge on any atom is 0.0354 e. The third-order valence-electron chi connectivity index (χ3n) is 3.95. The first-order valence-corrected chi connectivity index (χ1v) is 9.14. The molecule has 3 heterocycles. The quantitative estimate of drug-likeness (QED) is 0.758. The largest absolute Gasteiger partial charge is 0.297 e. The Morgan fingerprint density at radius 1 is 1.05 bits per heavy atom. The van der Waals surface area contributed by atoms with Crippen LogP contribution in [0, 0.1) is 0 Å². The smallest absolute Gasteiger partial charge is 0.0354 e. The molecule has 1 atom stereocenters. The first kappa shape index (κ1) is 14.1. The number of thiophene rings is 2. The van der Waals surface area contributed by atoms with Gasteiger partial charge in [-0.3, -0.25) is 4.90 Å². The van der Waals surface area contributed by atoms with E-state index in [1.54, 1.807) is 0 Å². The average molecular weight is 303 g/mol. The highest BCUT2D eigenvalue weighted by Gasteiger charge is 2.17. The van der Waals surface area contributed by atoms with Crippen LogP contribution in [0.1, 0.15) is 35.9 Å². The van der Waals surface area contributed by atoms with E-state index >= 15 is 0 Å². The lowest BCUT2D eigenvalue weighted by Gasteiger charge is -2.31. The van der Waals surface area contributed by atoms with E-state index in [2.05, 4.69) is 52.9 Å². The molecule has 1 nitrogen and oxygen atoms in total. The lowest BCUT2D eigenvalue weighted by atomic mass is 10.1. The molecule has 106 valence electrons. The Morgan fingerprint density at radius 3 is 2.15 bits per heavy atom. The normalized spacial score (nSPS) is 17.9. The van der Waals surface area contributed by atoms with E-state index < -0.39 is 0 Å². The zero-order valence-corrected chi connectivity index (χ0v) is 13.6. The zero-order valence-electron chi connectivity index (χ0n) is 11.9. The predicted molar refractivity (Wildman–Crippen MR) is 90.6 cm³/mol. The second-order valence-electron chi connectivity index (χ2n) is 5.37. The Kier molecular flexibility index (Phi) is 4.71. The van der Waals surface area contributed by atoms with Crippen LogP contribution in [0.5, 0.6) is 0 Å². The minimum atomic E-state index is 0.523. The predicted octanol–water partition coefficient (Wildman–Crippen LogP) is 5.12. The standard InChI is InChI=1S/C17H21NS2/c1-14(18-9-3-2-4-10-18)13-15(16-7-5-11-19-16)17-8-6-12-20-17/h5-8,11-14H,2-4,9-10H2,1H3. The van der Waals surface area contributed by atoms with Gasteiger partial charge in [0.15, 0.2) is 0 Å². The van der Waals surface area contributed by atoms with Crippen LogP contribution in [-0.4, -0.2) is 24.0 Å². The Morgan fingerprint density at radius 2 is 1.65 bits per heavy atom. The van der Waals surface area contributed by atoms with Gasteiger partial charge in [-0.25, -0.2) is 0 Å². The van der Waals surface area contributed by atoms with Gasteiger partial charge in [0.1, 0.15) is 0 Å². The molecule has 1 aliphatic rings. The van der Waals surface area contributed by atoms with Gasteiger partial charge in [-0.05, 0) is 55.7 Å². The Balaban J connectivity index is 1.87. The van der Waals surface area contributed by atoms with Crippen molar-refractivity contribution >= 4 is 28.2 Å². The second-order valence-corrected chi connectivity index (χ2v) is 7.27. The molecule has 0 radical (unpaired) electrons. The molecule has 20 heavy (non-hydrogen) atoms. The average Bonchev–Trinajstić information content (AvgIpc) is 3.19. The van der Waals surface area contributed by atoms with Crippen LogP contribution in [0.25, 0.3) is 5.57 Å². The van der Waals surface area contributed by atoms with E-state index in [4.69, 9.17) is 0 Å². The number of rotatable bonds is 4. The zero-order chi connectivity index (χ0) is 13.8. The summed E-state index contributed by atoms with van der Waals surface area (Å²) < 4.78 is 0. The maximum absolute atomic E-state index is 2.62. The van der Waals surface area contributed by atoms with Crippen molar-refractivity contribution in [2.75, 3.05) is 13.1 Å². The van der Waals surface area contributed by atoms with Gasteiger partial charge in [-0.15, -0.1) is 22.7 Å². The first-order chi connectivity index (χ1) is 9.84. The SMILES string of the molecule is CC(C=C(c1cccs1)c1cccs1)N1CCCCC1.